The number of carbonyl (C=O) groups is 2. The molecule has 7 nitrogen and oxygen atoms in total. The van der Waals surface area contributed by atoms with E-state index in [0.717, 1.165) is 34.7 Å². The van der Waals surface area contributed by atoms with Crippen molar-refractivity contribution in [1.82, 2.24) is 5.32 Å². The molecule has 0 aliphatic heterocycles. The molecule has 0 aromatic heterocycles. The number of nitrogens with zero attached hydrogens (tertiary/aromatic N) is 1. The minimum atomic E-state index is -3.72. The van der Waals surface area contributed by atoms with Gasteiger partial charge in [-0.2, -0.15) is 0 Å². The van der Waals surface area contributed by atoms with Crippen molar-refractivity contribution >= 4 is 33.2 Å². The van der Waals surface area contributed by atoms with Crippen LogP contribution in [0.2, 0.25) is 0 Å². The van der Waals surface area contributed by atoms with E-state index < -0.39 is 15.9 Å². The van der Waals surface area contributed by atoms with Gasteiger partial charge < -0.3 is 10.6 Å². The van der Waals surface area contributed by atoms with Crippen molar-refractivity contribution in [2.75, 3.05) is 22.4 Å². The summed E-state index contributed by atoms with van der Waals surface area (Å²) in [5.41, 5.74) is 2.69. The predicted molar refractivity (Wildman–Crippen MR) is 151 cm³/mol. The summed E-state index contributed by atoms with van der Waals surface area (Å²) >= 11 is 0. The number of benzene rings is 2. The molecule has 4 aliphatic carbocycles. The van der Waals surface area contributed by atoms with Crippen LogP contribution < -0.4 is 14.9 Å². The molecule has 204 valence electrons. The van der Waals surface area contributed by atoms with Crippen LogP contribution in [0, 0.1) is 17.8 Å². The van der Waals surface area contributed by atoms with Crippen molar-refractivity contribution in [1.29, 1.82) is 0 Å². The summed E-state index contributed by atoms with van der Waals surface area (Å²) in [5, 5.41) is 5.66. The van der Waals surface area contributed by atoms with Crippen molar-refractivity contribution in [2.24, 2.45) is 17.8 Å². The number of hydrogen-bond donors (Lipinski definition) is 2. The highest BCUT2D eigenvalue weighted by Gasteiger charge is 2.51. The molecule has 4 fully saturated rings. The molecule has 0 spiro atoms. The number of para-hydroxylation sites is 1. The number of amides is 2. The van der Waals surface area contributed by atoms with E-state index in [0.29, 0.717) is 16.9 Å². The topological polar surface area (TPSA) is 95.6 Å². The largest absolute Gasteiger partial charge is 0.350 e. The fourth-order valence-corrected chi connectivity index (χ4v) is 8.22. The molecule has 0 unspecified atom stereocenters. The number of rotatable bonds is 9. The van der Waals surface area contributed by atoms with Gasteiger partial charge in [-0.25, -0.2) is 8.42 Å². The van der Waals surface area contributed by atoms with Crippen LogP contribution in [-0.2, 0) is 20.2 Å². The van der Waals surface area contributed by atoms with Crippen LogP contribution in [0.15, 0.2) is 48.5 Å². The summed E-state index contributed by atoms with van der Waals surface area (Å²) in [6.07, 6.45) is 9.72. The second-order valence-corrected chi connectivity index (χ2v) is 13.8. The standard InChI is InChI=1S/C30H39N3O4S/c1-4-20(2)31-29(35)26-7-5-6-8-27(26)32-28(34)19-33(38(3,36)37)25-11-9-24(10-12-25)30-16-21-13-22(17-30)15-23(14-21)18-30/h5-12,20-23H,4,13-19H2,1-3H3,(H,31,35)(H,32,34)/t20-,21?,22?,23?,30?/m0/s1. The number of carbonyl (C=O) groups excluding carboxylic acids is 2. The van der Waals surface area contributed by atoms with Crippen molar-refractivity contribution in [3.8, 4) is 0 Å². The highest BCUT2D eigenvalue weighted by Crippen LogP contribution is 2.60. The summed E-state index contributed by atoms with van der Waals surface area (Å²) in [5.74, 6) is 1.69. The van der Waals surface area contributed by atoms with Crippen LogP contribution in [-0.4, -0.2) is 39.1 Å². The highest BCUT2D eigenvalue weighted by atomic mass is 32.2. The Balaban J connectivity index is 1.32. The molecule has 2 aromatic carbocycles. The van der Waals surface area contributed by atoms with Gasteiger partial charge in [-0.1, -0.05) is 31.2 Å². The van der Waals surface area contributed by atoms with Crippen LogP contribution in [0.3, 0.4) is 0 Å². The first kappa shape index (κ1) is 26.7. The second kappa shape index (κ2) is 10.4. The Hall–Kier alpha value is -2.87. The van der Waals surface area contributed by atoms with Gasteiger partial charge in [-0.3, -0.25) is 13.9 Å². The Kier molecular flexibility index (Phi) is 7.29. The zero-order valence-electron chi connectivity index (χ0n) is 22.6. The summed E-state index contributed by atoms with van der Waals surface area (Å²) in [6.45, 7) is 3.52. The Morgan fingerprint density at radius 1 is 0.974 bits per heavy atom. The lowest BCUT2D eigenvalue weighted by atomic mass is 9.48. The lowest BCUT2D eigenvalue weighted by Gasteiger charge is -2.57. The molecule has 8 heteroatoms. The molecule has 2 N–H and O–H groups in total. The third-order valence-corrected chi connectivity index (χ3v) is 10.1. The normalized spacial score (nSPS) is 26.6. The summed E-state index contributed by atoms with van der Waals surface area (Å²) in [7, 11) is -3.72. The first-order chi connectivity index (χ1) is 18.1. The predicted octanol–water partition coefficient (Wildman–Crippen LogP) is 5.09. The minimum absolute atomic E-state index is 0.00612. The van der Waals surface area contributed by atoms with Gasteiger partial charge in [-0.15, -0.1) is 0 Å². The monoisotopic (exact) mass is 537 g/mol. The van der Waals surface area contributed by atoms with E-state index in [9.17, 15) is 18.0 Å². The Labute approximate surface area is 226 Å². The van der Waals surface area contributed by atoms with Crippen molar-refractivity contribution in [3.05, 3.63) is 59.7 Å². The third kappa shape index (κ3) is 5.46. The molecule has 4 bridgehead atoms. The van der Waals surface area contributed by atoms with Gasteiger partial charge in [0, 0.05) is 6.04 Å². The van der Waals surface area contributed by atoms with Crippen LogP contribution in [0.25, 0.3) is 0 Å². The Bertz CT molecular complexity index is 1270. The molecule has 1 atom stereocenters. The number of hydrogen-bond acceptors (Lipinski definition) is 4. The second-order valence-electron chi connectivity index (χ2n) is 11.9. The van der Waals surface area contributed by atoms with Crippen molar-refractivity contribution in [2.45, 2.75) is 70.3 Å². The molecule has 0 radical (unpaired) electrons. The quantitative estimate of drug-likeness (QED) is 0.466. The molecule has 4 aliphatic rings. The Morgan fingerprint density at radius 3 is 2.11 bits per heavy atom. The van der Waals surface area contributed by atoms with E-state index in [4.69, 9.17) is 0 Å². The van der Waals surface area contributed by atoms with Gasteiger partial charge in [0.1, 0.15) is 6.54 Å². The van der Waals surface area contributed by atoms with Crippen molar-refractivity contribution in [3.63, 3.8) is 0 Å². The molecule has 2 aromatic rings. The van der Waals surface area contributed by atoms with Gasteiger partial charge >= 0.3 is 0 Å². The van der Waals surface area contributed by atoms with Crippen molar-refractivity contribution < 1.29 is 18.0 Å². The van der Waals surface area contributed by atoms with Gasteiger partial charge in [0.05, 0.1) is 23.2 Å². The average Bonchev–Trinajstić information content (AvgIpc) is 2.86. The summed E-state index contributed by atoms with van der Waals surface area (Å²) < 4.78 is 26.6. The van der Waals surface area contributed by atoms with E-state index in [2.05, 4.69) is 22.8 Å². The van der Waals surface area contributed by atoms with Crippen LogP contribution in [0.4, 0.5) is 11.4 Å². The number of anilines is 2. The number of nitrogens with one attached hydrogen (secondary N) is 2. The van der Waals surface area contributed by atoms with Crippen LogP contribution in [0.1, 0.15) is 74.7 Å². The maximum Gasteiger partial charge on any atom is 0.253 e. The van der Waals surface area contributed by atoms with Gasteiger partial charge in [0.25, 0.3) is 5.91 Å². The van der Waals surface area contributed by atoms with E-state index in [-0.39, 0.29) is 23.9 Å². The molecule has 38 heavy (non-hydrogen) atoms. The Morgan fingerprint density at radius 2 is 1.55 bits per heavy atom. The van der Waals surface area contributed by atoms with Gasteiger partial charge in [0.15, 0.2) is 0 Å². The van der Waals surface area contributed by atoms with Gasteiger partial charge in [0.2, 0.25) is 15.9 Å². The van der Waals surface area contributed by atoms with E-state index >= 15 is 0 Å². The molecular formula is C30H39N3O4S. The zero-order valence-corrected chi connectivity index (χ0v) is 23.4. The smallest absolute Gasteiger partial charge is 0.253 e. The lowest BCUT2D eigenvalue weighted by Crippen LogP contribution is -2.48. The maximum atomic E-state index is 13.0. The average molecular weight is 538 g/mol. The minimum Gasteiger partial charge on any atom is -0.350 e. The molecule has 4 saturated carbocycles. The van der Waals surface area contributed by atoms with Crippen LogP contribution in [0.5, 0.6) is 0 Å². The first-order valence-electron chi connectivity index (χ1n) is 13.8. The highest BCUT2D eigenvalue weighted by molar-refractivity contribution is 7.92. The fourth-order valence-electron chi connectivity index (χ4n) is 7.36. The molecular weight excluding hydrogens is 498 g/mol. The molecule has 0 saturated heterocycles. The molecule has 0 heterocycles. The van der Waals surface area contributed by atoms with E-state index in [1.54, 1.807) is 24.3 Å². The number of sulfonamides is 1. The van der Waals surface area contributed by atoms with E-state index in [1.807, 2.05) is 26.0 Å². The van der Waals surface area contributed by atoms with E-state index in [1.165, 1.54) is 44.1 Å². The molecule has 2 amide bonds. The first-order valence-corrected chi connectivity index (χ1v) is 15.7. The van der Waals surface area contributed by atoms with Crippen LogP contribution >= 0.6 is 0 Å². The summed E-state index contributed by atoms with van der Waals surface area (Å²) in [6, 6.07) is 14.6. The fraction of sp³-hybridized carbons (Fsp3) is 0.533. The third-order valence-electron chi connectivity index (χ3n) is 8.93. The lowest BCUT2D eigenvalue weighted by molar-refractivity contribution is -0.114. The maximum absolute atomic E-state index is 13.0. The molecule has 6 rings (SSSR count). The van der Waals surface area contributed by atoms with Gasteiger partial charge in [-0.05, 0) is 105 Å². The summed E-state index contributed by atoms with van der Waals surface area (Å²) in [4.78, 5) is 25.8. The zero-order chi connectivity index (χ0) is 27.1. The SMILES string of the molecule is CC[C@H](C)NC(=O)c1ccccc1NC(=O)CN(c1ccc(C23CC4CC(CC(C4)C2)C3)cc1)S(C)(=O)=O.